The zero-order valence-corrected chi connectivity index (χ0v) is 13.9. The number of ether oxygens (including phenoxy) is 1. The zero-order valence-electron chi connectivity index (χ0n) is 12.3. The first kappa shape index (κ1) is 18.2. The molecule has 1 amide bonds. The second kappa shape index (κ2) is 7.72. The van der Waals surface area contributed by atoms with E-state index in [2.05, 4.69) is 15.9 Å². The molecule has 0 bridgehead atoms. The van der Waals surface area contributed by atoms with Gasteiger partial charge in [0.05, 0.1) is 0 Å². The SMILES string of the molecule is CC(C)[C@@H](C(=O)O)N(CCCBr)C(=O)OC(C)(C)C. The highest BCUT2D eigenvalue weighted by Crippen LogP contribution is 2.17. The van der Waals surface area contributed by atoms with Crippen molar-refractivity contribution in [3.8, 4) is 0 Å². The summed E-state index contributed by atoms with van der Waals surface area (Å²) in [6, 6.07) is -0.867. The van der Waals surface area contributed by atoms with Crippen LogP contribution in [0.4, 0.5) is 4.79 Å². The maximum absolute atomic E-state index is 12.1. The summed E-state index contributed by atoms with van der Waals surface area (Å²) in [7, 11) is 0. The van der Waals surface area contributed by atoms with Crippen molar-refractivity contribution in [1.82, 2.24) is 4.90 Å². The molecule has 0 radical (unpaired) electrons. The van der Waals surface area contributed by atoms with E-state index >= 15 is 0 Å². The number of nitrogens with zero attached hydrogens (tertiary/aromatic N) is 1. The lowest BCUT2D eigenvalue weighted by atomic mass is 10.0. The molecule has 1 atom stereocenters. The average Bonchev–Trinajstić information content (AvgIpc) is 2.19. The average molecular weight is 338 g/mol. The lowest BCUT2D eigenvalue weighted by molar-refractivity contribution is -0.144. The topological polar surface area (TPSA) is 66.8 Å². The third-order valence-corrected chi connectivity index (χ3v) is 2.94. The van der Waals surface area contributed by atoms with E-state index in [1.54, 1.807) is 34.6 Å². The summed E-state index contributed by atoms with van der Waals surface area (Å²) in [6.45, 7) is 9.21. The number of carbonyl (C=O) groups excluding carboxylic acids is 1. The quantitative estimate of drug-likeness (QED) is 0.756. The summed E-state index contributed by atoms with van der Waals surface area (Å²) in [5.41, 5.74) is -0.635. The highest BCUT2D eigenvalue weighted by atomic mass is 79.9. The first-order chi connectivity index (χ1) is 8.60. The number of carboxylic acid groups (broad SMARTS) is 1. The molecule has 112 valence electrons. The number of amides is 1. The fraction of sp³-hybridized carbons (Fsp3) is 0.846. The summed E-state index contributed by atoms with van der Waals surface area (Å²) in [5.74, 6) is -1.18. The first-order valence-corrected chi connectivity index (χ1v) is 7.50. The molecule has 0 aromatic rings. The van der Waals surface area contributed by atoms with Crippen LogP contribution in [-0.2, 0) is 9.53 Å². The summed E-state index contributed by atoms with van der Waals surface area (Å²) in [4.78, 5) is 24.8. The molecule has 0 unspecified atom stereocenters. The molecule has 0 saturated carbocycles. The van der Waals surface area contributed by atoms with Crippen LogP contribution in [0.2, 0.25) is 0 Å². The van der Waals surface area contributed by atoms with Gasteiger partial charge in [0.15, 0.2) is 0 Å². The van der Waals surface area contributed by atoms with Crippen LogP contribution in [-0.4, -0.2) is 45.6 Å². The molecule has 0 spiro atoms. The number of halogens is 1. The van der Waals surface area contributed by atoms with Gasteiger partial charge in [-0.15, -0.1) is 0 Å². The molecule has 1 N–H and O–H groups in total. The van der Waals surface area contributed by atoms with Crippen LogP contribution in [0.3, 0.4) is 0 Å². The van der Waals surface area contributed by atoms with Crippen molar-refractivity contribution >= 4 is 28.0 Å². The summed E-state index contributed by atoms with van der Waals surface area (Å²) in [6.07, 6.45) is 0.102. The van der Waals surface area contributed by atoms with Crippen LogP contribution in [0.15, 0.2) is 0 Å². The van der Waals surface area contributed by atoms with Crippen molar-refractivity contribution < 1.29 is 19.4 Å². The van der Waals surface area contributed by atoms with Crippen molar-refractivity contribution in [2.75, 3.05) is 11.9 Å². The fourth-order valence-electron chi connectivity index (χ4n) is 1.67. The van der Waals surface area contributed by atoms with Crippen LogP contribution in [0, 0.1) is 5.92 Å². The number of aliphatic carboxylic acids is 1. The van der Waals surface area contributed by atoms with Crippen LogP contribution in [0.5, 0.6) is 0 Å². The van der Waals surface area contributed by atoms with E-state index in [-0.39, 0.29) is 5.92 Å². The van der Waals surface area contributed by atoms with Crippen molar-refractivity contribution in [1.29, 1.82) is 0 Å². The summed E-state index contributed by atoms with van der Waals surface area (Å²) < 4.78 is 5.29. The number of carboxylic acids is 1. The van der Waals surface area contributed by atoms with Gasteiger partial charge in [-0.2, -0.15) is 0 Å². The van der Waals surface area contributed by atoms with Gasteiger partial charge in [-0.3, -0.25) is 4.90 Å². The number of hydrogen-bond donors (Lipinski definition) is 1. The van der Waals surface area contributed by atoms with E-state index in [1.165, 1.54) is 4.90 Å². The normalized spacial score (nSPS) is 13.2. The van der Waals surface area contributed by atoms with Gasteiger partial charge in [0, 0.05) is 11.9 Å². The summed E-state index contributed by atoms with van der Waals surface area (Å²) >= 11 is 3.29. The van der Waals surface area contributed by atoms with Gasteiger partial charge >= 0.3 is 12.1 Å². The predicted molar refractivity (Wildman–Crippen MR) is 77.6 cm³/mol. The Hall–Kier alpha value is -0.780. The monoisotopic (exact) mass is 337 g/mol. The highest BCUT2D eigenvalue weighted by molar-refractivity contribution is 9.09. The number of rotatable bonds is 6. The van der Waals surface area contributed by atoms with Crippen LogP contribution in [0.25, 0.3) is 0 Å². The molecule has 0 aliphatic rings. The van der Waals surface area contributed by atoms with Crippen LogP contribution >= 0.6 is 15.9 Å². The second-order valence-electron chi connectivity index (χ2n) is 5.74. The van der Waals surface area contributed by atoms with Gasteiger partial charge in [-0.05, 0) is 33.1 Å². The lowest BCUT2D eigenvalue weighted by Crippen LogP contribution is -2.50. The number of carbonyl (C=O) groups is 2. The molecular weight excluding hydrogens is 314 g/mol. The molecular formula is C13H24BrNO4. The maximum Gasteiger partial charge on any atom is 0.411 e. The molecule has 0 aromatic heterocycles. The molecule has 0 heterocycles. The molecule has 0 aliphatic heterocycles. The van der Waals surface area contributed by atoms with Crippen molar-refractivity contribution in [2.24, 2.45) is 5.92 Å². The predicted octanol–water partition coefficient (Wildman–Crippen LogP) is 3.12. The van der Waals surface area contributed by atoms with E-state index in [0.29, 0.717) is 18.3 Å². The first-order valence-electron chi connectivity index (χ1n) is 6.38. The van der Waals surface area contributed by atoms with Crippen LogP contribution < -0.4 is 0 Å². The van der Waals surface area contributed by atoms with Crippen molar-refractivity contribution in [3.63, 3.8) is 0 Å². The Morgan fingerprint density at radius 3 is 2.16 bits per heavy atom. The number of alkyl halides is 1. The Morgan fingerprint density at radius 2 is 1.84 bits per heavy atom. The van der Waals surface area contributed by atoms with Gasteiger partial charge in [-0.25, -0.2) is 9.59 Å². The molecule has 0 aliphatic carbocycles. The molecule has 0 aromatic carbocycles. The Labute approximate surface area is 123 Å². The smallest absolute Gasteiger partial charge is 0.411 e. The van der Waals surface area contributed by atoms with E-state index in [0.717, 1.165) is 0 Å². The fourth-order valence-corrected chi connectivity index (χ4v) is 1.92. The third-order valence-electron chi connectivity index (χ3n) is 2.38. The molecule has 0 rings (SSSR count). The van der Waals surface area contributed by atoms with Crippen molar-refractivity contribution in [2.45, 2.75) is 52.7 Å². The molecule has 5 nitrogen and oxygen atoms in total. The largest absolute Gasteiger partial charge is 0.480 e. The Morgan fingerprint density at radius 1 is 1.32 bits per heavy atom. The van der Waals surface area contributed by atoms with Gasteiger partial charge in [0.2, 0.25) is 0 Å². The Bertz CT molecular complexity index is 312. The maximum atomic E-state index is 12.1. The standard InChI is InChI=1S/C13H24BrNO4/c1-9(2)10(11(16)17)15(8-6-7-14)12(18)19-13(3,4)5/h9-10H,6-8H2,1-5H3,(H,16,17)/t10-/m0/s1. The van der Waals surface area contributed by atoms with Crippen LogP contribution in [0.1, 0.15) is 41.0 Å². The lowest BCUT2D eigenvalue weighted by Gasteiger charge is -2.33. The van der Waals surface area contributed by atoms with E-state index < -0.39 is 23.7 Å². The second-order valence-corrected chi connectivity index (χ2v) is 6.54. The minimum absolute atomic E-state index is 0.180. The van der Waals surface area contributed by atoms with Gasteiger partial charge in [0.25, 0.3) is 0 Å². The highest BCUT2D eigenvalue weighted by Gasteiger charge is 2.34. The van der Waals surface area contributed by atoms with Gasteiger partial charge in [-0.1, -0.05) is 29.8 Å². The summed E-state index contributed by atoms with van der Waals surface area (Å²) in [5, 5.41) is 10.0. The third kappa shape index (κ3) is 6.80. The molecule has 0 saturated heterocycles. The van der Waals surface area contributed by atoms with E-state index in [4.69, 9.17) is 4.74 Å². The van der Waals surface area contributed by atoms with Crippen molar-refractivity contribution in [3.05, 3.63) is 0 Å². The Kier molecular flexibility index (Phi) is 7.41. The molecule has 0 fully saturated rings. The minimum Gasteiger partial charge on any atom is -0.480 e. The van der Waals surface area contributed by atoms with Gasteiger partial charge < -0.3 is 9.84 Å². The van der Waals surface area contributed by atoms with E-state index in [1.807, 2.05) is 0 Å². The molecule has 6 heteroatoms. The van der Waals surface area contributed by atoms with E-state index in [9.17, 15) is 14.7 Å². The molecule has 19 heavy (non-hydrogen) atoms. The minimum atomic E-state index is -1.00. The zero-order chi connectivity index (χ0) is 15.2. The number of hydrogen-bond acceptors (Lipinski definition) is 3. The van der Waals surface area contributed by atoms with Gasteiger partial charge in [0.1, 0.15) is 11.6 Å². The Balaban J connectivity index is 5.06.